The summed E-state index contributed by atoms with van der Waals surface area (Å²) in [6, 6.07) is 8.26. The molecule has 1 heterocycles. The number of aromatic amines is 1. The van der Waals surface area contributed by atoms with E-state index in [1.54, 1.807) is 0 Å². The van der Waals surface area contributed by atoms with E-state index in [0.717, 1.165) is 11.1 Å². The van der Waals surface area contributed by atoms with Gasteiger partial charge in [-0.25, -0.2) is 0 Å². The Bertz CT molecular complexity index is 479. The fourth-order valence-corrected chi connectivity index (χ4v) is 2.28. The van der Waals surface area contributed by atoms with Gasteiger partial charge in [0.05, 0.1) is 12.5 Å². The van der Waals surface area contributed by atoms with Crippen LogP contribution >= 0.6 is 22.6 Å². The first-order valence-corrected chi connectivity index (χ1v) is 5.02. The number of hydrogen-bond acceptors (Lipinski definition) is 1. The van der Waals surface area contributed by atoms with Crippen LogP contribution in [0.1, 0.15) is 5.56 Å². The van der Waals surface area contributed by atoms with E-state index >= 15 is 0 Å². The molecule has 0 fully saturated rings. The summed E-state index contributed by atoms with van der Waals surface area (Å²) in [5.74, 6) is 0. The van der Waals surface area contributed by atoms with E-state index in [2.05, 4.69) is 39.7 Å². The van der Waals surface area contributed by atoms with E-state index in [1.165, 1.54) is 8.96 Å². The lowest BCUT2D eigenvalue weighted by molar-refractivity contribution is 1.27. The highest BCUT2D eigenvalue weighted by Gasteiger charge is 2.05. The number of fused-ring (bicyclic) bond motifs is 1. The van der Waals surface area contributed by atoms with Crippen molar-refractivity contribution in [2.24, 2.45) is 0 Å². The molecule has 0 aliphatic heterocycles. The van der Waals surface area contributed by atoms with E-state index in [0.29, 0.717) is 6.42 Å². The predicted octanol–water partition coefficient (Wildman–Crippen LogP) is 2.84. The average Bonchev–Trinajstić information content (AvgIpc) is 2.51. The maximum Gasteiger partial charge on any atom is 0.0670 e. The van der Waals surface area contributed by atoms with Crippen LogP contribution in [0.15, 0.2) is 24.4 Å². The summed E-state index contributed by atoms with van der Waals surface area (Å²) in [5.41, 5.74) is 2.19. The second-order valence-corrected chi connectivity index (χ2v) is 3.97. The van der Waals surface area contributed by atoms with Crippen LogP contribution in [0.4, 0.5) is 0 Å². The van der Waals surface area contributed by atoms with E-state index in [1.807, 2.05) is 18.3 Å². The van der Waals surface area contributed by atoms with Gasteiger partial charge < -0.3 is 4.98 Å². The van der Waals surface area contributed by atoms with Crippen LogP contribution in [0.3, 0.4) is 0 Å². The fourth-order valence-electron chi connectivity index (χ4n) is 1.43. The van der Waals surface area contributed by atoms with Gasteiger partial charge in [-0.05, 0) is 40.3 Å². The van der Waals surface area contributed by atoms with Crippen molar-refractivity contribution in [3.05, 3.63) is 33.5 Å². The predicted molar refractivity (Wildman–Crippen MR) is 60.3 cm³/mol. The zero-order valence-corrected chi connectivity index (χ0v) is 9.00. The normalized spacial score (nSPS) is 10.2. The molecule has 2 rings (SSSR count). The number of hydrogen-bond donors (Lipinski definition) is 1. The molecule has 0 bridgehead atoms. The molecule has 0 aliphatic carbocycles. The van der Waals surface area contributed by atoms with Gasteiger partial charge in [-0.2, -0.15) is 5.26 Å². The van der Waals surface area contributed by atoms with Crippen LogP contribution in [0.5, 0.6) is 0 Å². The van der Waals surface area contributed by atoms with Crippen molar-refractivity contribution >= 4 is 33.5 Å². The number of nitrogens with zero attached hydrogens (tertiary/aromatic N) is 1. The van der Waals surface area contributed by atoms with Crippen molar-refractivity contribution in [1.82, 2.24) is 4.98 Å². The fraction of sp³-hybridized carbons (Fsp3) is 0.100. The third-order valence-corrected chi connectivity index (χ3v) is 2.91. The van der Waals surface area contributed by atoms with Crippen molar-refractivity contribution in [2.75, 3.05) is 0 Å². The molecule has 1 aromatic heterocycles. The molecule has 2 aromatic rings. The molecule has 0 saturated heterocycles. The molecule has 0 aliphatic rings. The van der Waals surface area contributed by atoms with Gasteiger partial charge in [-0.3, -0.25) is 0 Å². The van der Waals surface area contributed by atoms with Crippen LogP contribution in [-0.4, -0.2) is 4.98 Å². The summed E-state index contributed by atoms with van der Waals surface area (Å²) in [6.45, 7) is 0. The highest BCUT2D eigenvalue weighted by atomic mass is 127. The Morgan fingerprint density at radius 2 is 2.31 bits per heavy atom. The molecular formula is C10H7IN2. The van der Waals surface area contributed by atoms with Gasteiger partial charge in [-0.1, -0.05) is 6.07 Å². The van der Waals surface area contributed by atoms with Gasteiger partial charge in [0, 0.05) is 20.7 Å². The molecule has 3 heteroatoms. The van der Waals surface area contributed by atoms with E-state index in [-0.39, 0.29) is 0 Å². The molecule has 1 aromatic carbocycles. The quantitative estimate of drug-likeness (QED) is 0.803. The SMILES string of the molecule is N#CCc1c[nH]c2cccc(I)c12. The van der Waals surface area contributed by atoms with Crippen LogP contribution in [0.2, 0.25) is 0 Å². The molecule has 13 heavy (non-hydrogen) atoms. The Morgan fingerprint density at radius 3 is 3.08 bits per heavy atom. The summed E-state index contributed by atoms with van der Waals surface area (Å²) < 4.78 is 1.20. The minimum absolute atomic E-state index is 0.472. The number of halogens is 1. The summed E-state index contributed by atoms with van der Waals surface area (Å²) in [5, 5.41) is 9.81. The van der Waals surface area contributed by atoms with Crippen LogP contribution in [-0.2, 0) is 6.42 Å². The highest BCUT2D eigenvalue weighted by molar-refractivity contribution is 14.1. The van der Waals surface area contributed by atoms with E-state index in [9.17, 15) is 0 Å². The second kappa shape index (κ2) is 3.38. The Labute approximate surface area is 89.7 Å². The van der Waals surface area contributed by atoms with Gasteiger partial charge in [0.1, 0.15) is 0 Å². The standard InChI is InChI=1S/C10H7IN2/c11-8-2-1-3-9-10(8)7(4-5-12)6-13-9/h1-3,6,13H,4H2. The van der Waals surface area contributed by atoms with Crippen molar-refractivity contribution in [3.63, 3.8) is 0 Å². The van der Waals surface area contributed by atoms with Crippen molar-refractivity contribution in [2.45, 2.75) is 6.42 Å². The minimum atomic E-state index is 0.472. The summed E-state index contributed by atoms with van der Waals surface area (Å²) in [6.07, 6.45) is 2.38. The lowest BCUT2D eigenvalue weighted by Crippen LogP contribution is -1.80. The van der Waals surface area contributed by atoms with Gasteiger partial charge in [0.2, 0.25) is 0 Å². The smallest absolute Gasteiger partial charge is 0.0670 e. The van der Waals surface area contributed by atoms with E-state index in [4.69, 9.17) is 5.26 Å². The molecule has 1 N–H and O–H groups in total. The van der Waals surface area contributed by atoms with Gasteiger partial charge in [-0.15, -0.1) is 0 Å². The summed E-state index contributed by atoms with van der Waals surface area (Å²) in [4.78, 5) is 3.16. The zero-order chi connectivity index (χ0) is 9.26. The summed E-state index contributed by atoms with van der Waals surface area (Å²) in [7, 11) is 0. The maximum absolute atomic E-state index is 8.62. The molecule has 0 atom stereocenters. The van der Waals surface area contributed by atoms with Gasteiger partial charge in [0.15, 0.2) is 0 Å². The van der Waals surface area contributed by atoms with Crippen LogP contribution < -0.4 is 0 Å². The van der Waals surface area contributed by atoms with Crippen LogP contribution in [0.25, 0.3) is 10.9 Å². The third kappa shape index (κ3) is 1.42. The van der Waals surface area contributed by atoms with Gasteiger partial charge in [0.25, 0.3) is 0 Å². The van der Waals surface area contributed by atoms with Crippen molar-refractivity contribution in [3.8, 4) is 6.07 Å². The molecule has 0 amide bonds. The molecule has 0 unspecified atom stereocenters. The Kier molecular flexibility index (Phi) is 2.23. The minimum Gasteiger partial charge on any atom is -0.361 e. The first kappa shape index (κ1) is 8.57. The van der Waals surface area contributed by atoms with Crippen molar-refractivity contribution < 1.29 is 0 Å². The Hall–Kier alpha value is -1.02. The molecular weight excluding hydrogens is 275 g/mol. The lowest BCUT2D eigenvalue weighted by atomic mass is 10.1. The molecule has 2 nitrogen and oxygen atoms in total. The first-order valence-electron chi connectivity index (χ1n) is 3.94. The molecule has 0 radical (unpaired) electrons. The van der Waals surface area contributed by atoms with Gasteiger partial charge >= 0.3 is 0 Å². The number of nitrogens with one attached hydrogen (secondary N) is 1. The monoisotopic (exact) mass is 282 g/mol. The molecule has 0 spiro atoms. The third-order valence-electron chi connectivity index (χ3n) is 2.01. The Morgan fingerprint density at radius 1 is 1.46 bits per heavy atom. The topological polar surface area (TPSA) is 39.6 Å². The number of nitriles is 1. The first-order chi connectivity index (χ1) is 6.33. The van der Waals surface area contributed by atoms with E-state index < -0.39 is 0 Å². The molecule has 64 valence electrons. The van der Waals surface area contributed by atoms with Crippen molar-refractivity contribution in [1.29, 1.82) is 5.26 Å². The average molecular weight is 282 g/mol. The highest BCUT2D eigenvalue weighted by Crippen LogP contribution is 2.23. The lowest BCUT2D eigenvalue weighted by Gasteiger charge is -1.95. The number of rotatable bonds is 1. The largest absolute Gasteiger partial charge is 0.361 e. The summed E-state index contributed by atoms with van der Waals surface area (Å²) >= 11 is 2.29. The molecule has 0 saturated carbocycles. The number of benzene rings is 1. The second-order valence-electron chi connectivity index (χ2n) is 2.81. The maximum atomic E-state index is 8.62. The van der Waals surface area contributed by atoms with Crippen LogP contribution in [0, 0.1) is 14.9 Å². The Balaban J connectivity index is 2.73. The zero-order valence-electron chi connectivity index (χ0n) is 6.84. The number of H-pyrrole nitrogens is 1. The number of aromatic nitrogens is 1.